The number of benzene rings is 2. The zero-order chi connectivity index (χ0) is 23.2. The van der Waals surface area contributed by atoms with E-state index in [0.29, 0.717) is 11.4 Å². The summed E-state index contributed by atoms with van der Waals surface area (Å²) in [5, 5.41) is 19.5. The van der Waals surface area contributed by atoms with Gasteiger partial charge in [0, 0.05) is 10.6 Å². The molecule has 11 heteroatoms. The predicted octanol–water partition coefficient (Wildman–Crippen LogP) is 3.16. The summed E-state index contributed by atoms with van der Waals surface area (Å²) in [5.41, 5.74) is 12.2. The molecule has 0 bridgehead atoms. The van der Waals surface area contributed by atoms with E-state index in [-0.39, 0.29) is 17.3 Å². The average molecular weight is 463 g/mol. The van der Waals surface area contributed by atoms with Crippen LogP contribution in [-0.4, -0.2) is 37.4 Å². The summed E-state index contributed by atoms with van der Waals surface area (Å²) in [6.07, 6.45) is 2.53. The number of aromatic nitrogens is 5. The van der Waals surface area contributed by atoms with E-state index >= 15 is 0 Å². The Balaban J connectivity index is 1.55. The normalized spacial score (nSPS) is 11.2. The second-order valence-electron chi connectivity index (χ2n) is 7.17. The molecule has 0 saturated heterocycles. The molecule has 4 rings (SSSR count). The van der Waals surface area contributed by atoms with Gasteiger partial charge in [-0.2, -0.15) is 9.78 Å². The van der Waals surface area contributed by atoms with Crippen molar-refractivity contribution in [3.8, 4) is 5.82 Å². The van der Waals surface area contributed by atoms with Gasteiger partial charge in [-0.1, -0.05) is 54.1 Å². The number of nitrogens with zero attached hydrogens (tertiary/aromatic N) is 6. The molecule has 0 aliphatic carbocycles. The van der Waals surface area contributed by atoms with Crippen molar-refractivity contribution in [2.75, 3.05) is 5.73 Å². The Bertz CT molecular complexity index is 1260. The number of hydrogen-bond donors (Lipinski definition) is 2. The third-order valence-corrected chi connectivity index (χ3v) is 5.86. The van der Waals surface area contributed by atoms with Gasteiger partial charge >= 0.3 is 0 Å². The van der Waals surface area contributed by atoms with Gasteiger partial charge in [0.05, 0.1) is 11.9 Å². The van der Waals surface area contributed by atoms with E-state index in [1.165, 1.54) is 22.0 Å². The van der Waals surface area contributed by atoms with Gasteiger partial charge in [-0.25, -0.2) is 10.1 Å². The van der Waals surface area contributed by atoms with E-state index in [1.54, 1.807) is 6.21 Å². The molecule has 0 fully saturated rings. The van der Waals surface area contributed by atoms with Crippen molar-refractivity contribution in [3.63, 3.8) is 0 Å². The van der Waals surface area contributed by atoms with Crippen molar-refractivity contribution in [1.82, 2.24) is 30.7 Å². The average Bonchev–Trinajstić information content (AvgIpc) is 3.44. The molecule has 2 aromatic carbocycles. The molecule has 2 aromatic heterocycles. The fourth-order valence-electron chi connectivity index (χ4n) is 2.96. The Labute approximate surface area is 194 Å². The zero-order valence-corrected chi connectivity index (χ0v) is 18.9. The third-order valence-electron chi connectivity index (χ3n) is 4.84. The van der Waals surface area contributed by atoms with Crippen LogP contribution in [0.5, 0.6) is 0 Å². The lowest BCUT2D eigenvalue weighted by atomic mass is 10.1. The first-order valence-electron chi connectivity index (χ1n) is 10.2. The van der Waals surface area contributed by atoms with Gasteiger partial charge in [0.25, 0.3) is 5.91 Å². The van der Waals surface area contributed by atoms with Crippen LogP contribution in [0.4, 0.5) is 5.82 Å². The van der Waals surface area contributed by atoms with Gasteiger partial charge in [0.15, 0.2) is 5.69 Å². The van der Waals surface area contributed by atoms with Crippen LogP contribution in [0.3, 0.4) is 0 Å². The highest BCUT2D eigenvalue weighted by molar-refractivity contribution is 7.98. The number of nitrogens with one attached hydrogen (secondary N) is 1. The standard InChI is InChI=1S/C22H22N8O2S/c1-3-15-6-8-16(9-7-15)12-24-26-22(31)19-18(13-33-17-10-4-14(2)5-11-17)30(29-25-19)21-20(23)27-32-28-21/h4-12H,3,13H2,1-2H3,(H2,23,27)(H,26,31). The van der Waals surface area contributed by atoms with Crippen molar-refractivity contribution in [2.24, 2.45) is 5.10 Å². The Morgan fingerprint density at radius 1 is 1.18 bits per heavy atom. The van der Waals surface area contributed by atoms with E-state index in [2.05, 4.69) is 42.7 Å². The second-order valence-corrected chi connectivity index (χ2v) is 8.21. The van der Waals surface area contributed by atoms with Crippen molar-refractivity contribution in [3.05, 3.63) is 76.6 Å². The van der Waals surface area contributed by atoms with Crippen LogP contribution in [-0.2, 0) is 12.2 Å². The highest BCUT2D eigenvalue weighted by Crippen LogP contribution is 2.26. The maximum atomic E-state index is 12.8. The molecule has 168 valence electrons. The summed E-state index contributed by atoms with van der Waals surface area (Å²) in [7, 11) is 0. The van der Waals surface area contributed by atoms with Crippen molar-refractivity contribution in [1.29, 1.82) is 0 Å². The Kier molecular flexibility index (Phi) is 6.79. The summed E-state index contributed by atoms with van der Waals surface area (Å²) in [5.74, 6) is 0.0904. The number of rotatable bonds is 8. The van der Waals surface area contributed by atoms with Gasteiger partial charge in [-0.3, -0.25) is 4.79 Å². The summed E-state index contributed by atoms with van der Waals surface area (Å²) in [6.45, 7) is 4.11. The second kappa shape index (κ2) is 10.1. The maximum absolute atomic E-state index is 12.8. The molecule has 10 nitrogen and oxygen atoms in total. The first-order chi connectivity index (χ1) is 16.0. The maximum Gasteiger partial charge on any atom is 0.293 e. The predicted molar refractivity (Wildman–Crippen MR) is 125 cm³/mol. The van der Waals surface area contributed by atoms with E-state index < -0.39 is 5.91 Å². The molecule has 0 atom stereocenters. The molecule has 1 amide bonds. The van der Waals surface area contributed by atoms with Crippen molar-refractivity contribution < 1.29 is 9.42 Å². The van der Waals surface area contributed by atoms with E-state index in [0.717, 1.165) is 22.4 Å². The molecular weight excluding hydrogens is 440 g/mol. The number of anilines is 1. The van der Waals surface area contributed by atoms with Gasteiger partial charge in [0.1, 0.15) is 0 Å². The first-order valence-corrected chi connectivity index (χ1v) is 11.2. The quantitative estimate of drug-likeness (QED) is 0.231. The summed E-state index contributed by atoms with van der Waals surface area (Å²) >= 11 is 1.52. The lowest BCUT2D eigenvalue weighted by molar-refractivity contribution is 0.0949. The van der Waals surface area contributed by atoms with Gasteiger partial charge in [-0.15, -0.1) is 16.9 Å². The first kappa shape index (κ1) is 22.2. The number of aryl methyl sites for hydroxylation is 2. The molecule has 0 radical (unpaired) electrons. The minimum Gasteiger partial charge on any atom is -0.378 e. The number of hydrogen-bond acceptors (Lipinski definition) is 9. The zero-order valence-electron chi connectivity index (χ0n) is 18.1. The highest BCUT2D eigenvalue weighted by Gasteiger charge is 2.24. The minimum atomic E-state index is -0.503. The van der Waals surface area contributed by atoms with Gasteiger partial charge in [-0.05, 0) is 46.9 Å². The SMILES string of the molecule is CCc1ccc(C=NNC(=O)c2nnn(-c3nonc3N)c2CSc2ccc(C)cc2)cc1. The molecule has 0 unspecified atom stereocenters. The van der Waals surface area contributed by atoms with Gasteiger partial charge in [0.2, 0.25) is 11.6 Å². The van der Waals surface area contributed by atoms with Gasteiger partial charge < -0.3 is 5.73 Å². The highest BCUT2D eigenvalue weighted by atomic mass is 32.2. The summed E-state index contributed by atoms with van der Waals surface area (Å²) < 4.78 is 6.04. The molecule has 4 aromatic rings. The van der Waals surface area contributed by atoms with E-state index in [4.69, 9.17) is 5.73 Å². The Morgan fingerprint density at radius 3 is 2.61 bits per heavy atom. The molecule has 3 N–H and O–H groups in total. The number of nitrogen functional groups attached to an aromatic ring is 1. The molecule has 0 aliphatic rings. The van der Waals surface area contributed by atoms with Crippen LogP contribution in [0.25, 0.3) is 5.82 Å². The molecule has 0 aliphatic heterocycles. The topological polar surface area (TPSA) is 137 Å². The number of carbonyl (C=O) groups is 1. The van der Waals surface area contributed by atoms with Crippen LogP contribution in [0.1, 0.15) is 39.8 Å². The third kappa shape index (κ3) is 5.26. The molecule has 0 spiro atoms. The Hall–Kier alpha value is -3.99. The monoisotopic (exact) mass is 462 g/mol. The van der Waals surface area contributed by atoms with E-state index in [1.807, 2.05) is 55.5 Å². The molecular formula is C22H22N8O2S. The number of thioether (sulfide) groups is 1. The number of carbonyl (C=O) groups excluding carboxylic acids is 1. The number of amides is 1. The van der Waals surface area contributed by atoms with Crippen molar-refractivity contribution in [2.45, 2.75) is 30.9 Å². The molecule has 33 heavy (non-hydrogen) atoms. The van der Waals surface area contributed by atoms with Crippen LogP contribution in [0.2, 0.25) is 0 Å². The van der Waals surface area contributed by atoms with Crippen LogP contribution < -0.4 is 11.2 Å². The van der Waals surface area contributed by atoms with E-state index in [9.17, 15) is 4.79 Å². The van der Waals surface area contributed by atoms with Crippen LogP contribution in [0.15, 0.2) is 63.2 Å². The van der Waals surface area contributed by atoms with Crippen LogP contribution >= 0.6 is 11.8 Å². The molecule has 2 heterocycles. The smallest absolute Gasteiger partial charge is 0.293 e. The summed E-state index contributed by atoms with van der Waals surface area (Å²) in [4.78, 5) is 13.9. The minimum absolute atomic E-state index is 0.0435. The fraction of sp³-hybridized carbons (Fsp3) is 0.182. The lowest BCUT2D eigenvalue weighted by Gasteiger charge is -2.06. The number of hydrazone groups is 1. The van der Waals surface area contributed by atoms with Crippen molar-refractivity contribution >= 4 is 29.7 Å². The lowest BCUT2D eigenvalue weighted by Crippen LogP contribution is -2.20. The number of nitrogens with two attached hydrogens (primary N) is 1. The van der Waals surface area contributed by atoms with Crippen LogP contribution in [0, 0.1) is 6.92 Å². The molecule has 0 saturated carbocycles. The Morgan fingerprint density at radius 2 is 1.94 bits per heavy atom. The fourth-order valence-corrected chi connectivity index (χ4v) is 3.85. The summed E-state index contributed by atoms with van der Waals surface area (Å²) in [6, 6.07) is 16.0. The largest absolute Gasteiger partial charge is 0.378 e.